The third-order valence-corrected chi connectivity index (χ3v) is 5.68. The summed E-state index contributed by atoms with van der Waals surface area (Å²) in [7, 11) is 1.91. The molecule has 0 atom stereocenters. The van der Waals surface area contributed by atoms with Crippen molar-refractivity contribution in [2.75, 3.05) is 12.3 Å². The van der Waals surface area contributed by atoms with Crippen LogP contribution in [0.5, 0.6) is 0 Å². The molecule has 7 heteroatoms. The molecule has 0 saturated carbocycles. The number of thioether (sulfide) groups is 1. The molecule has 6 nitrogen and oxygen atoms in total. The fourth-order valence-corrected chi connectivity index (χ4v) is 4.10. The molecule has 130 valence electrons. The average Bonchev–Trinajstić information content (AvgIpc) is 3.21. The summed E-state index contributed by atoms with van der Waals surface area (Å²) in [6, 6.07) is 5.95. The van der Waals surface area contributed by atoms with Crippen molar-refractivity contribution in [3.8, 4) is 0 Å². The third-order valence-electron chi connectivity index (χ3n) is 4.65. The van der Waals surface area contributed by atoms with Crippen LogP contribution in [0.1, 0.15) is 34.5 Å². The minimum atomic E-state index is -0.0220. The Bertz CT molecular complexity index is 913. The highest BCUT2D eigenvalue weighted by atomic mass is 32.2. The highest BCUT2D eigenvalue weighted by Crippen LogP contribution is 2.29. The van der Waals surface area contributed by atoms with E-state index in [0.29, 0.717) is 6.54 Å². The van der Waals surface area contributed by atoms with Gasteiger partial charge in [-0.05, 0) is 49.4 Å². The van der Waals surface area contributed by atoms with Crippen LogP contribution in [0.15, 0.2) is 29.7 Å². The predicted molar refractivity (Wildman–Crippen MR) is 99.0 cm³/mol. The first-order chi connectivity index (χ1) is 12.2. The standard InChI is InChI=1S/C18H21N5OS/c1-23-11-20-22-18(23)25-9-8-19-17(24)12-6-7-16-14(10-12)13-4-2-3-5-15(13)21-16/h6-7,10-11,21H,2-5,8-9H2,1H3,(H,19,24). The quantitative estimate of drug-likeness (QED) is 0.545. The second-order valence-electron chi connectivity index (χ2n) is 6.38. The first kappa shape index (κ1) is 16.2. The summed E-state index contributed by atoms with van der Waals surface area (Å²) in [6.07, 6.45) is 6.37. The Morgan fingerprint density at radius 1 is 1.36 bits per heavy atom. The summed E-state index contributed by atoms with van der Waals surface area (Å²) >= 11 is 1.58. The summed E-state index contributed by atoms with van der Waals surface area (Å²) in [5, 5.41) is 12.9. The largest absolute Gasteiger partial charge is 0.358 e. The molecule has 2 aromatic heterocycles. The van der Waals surface area contributed by atoms with Crippen LogP contribution >= 0.6 is 11.8 Å². The van der Waals surface area contributed by atoms with Crippen molar-refractivity contribution >= 4 is 28.6 Å². The van der Waals surface area contributed by atoms with E-state index in [1.807, 2.05) is 29.8 Å². The van der Waals surface area contributed by atoms with Crippen molar-refractivity contribution in [2.45, 2.75) is 30.8 Å². The maximum Gasteiger partial charge on any atom is 0.251 e. The molecule has 2 N–H and O–H groups in total. The van der Waals surface area contributed by atoms with Crippen molar-refractivity contribution in [1.82, 2.24) is 25.1 Å². The fourth-order valence-electron chi connectivity index (χ4n) is 3.36. The van der Waals surface area contributed by atoms with Gasteiger partial charge in [0.25, 0.3) is 5.91 Å². The number of hydrogen-bond acceptors (Lipinski definition) is 4. The summed E-state index contributed by atoms with van der Waals surface area (Å²) in [4.78, 5) is 15.9. The molecule has 4 rings (SSSR count). The number of amides is 1. The summed E-state index contributed by atoms with van der Waals surface area (Å²) in [5.41, 5.74) is 4.61. The van der Waals surface area contributed by atoms with Gasteiger partial charge in [-0.3, -0.25) is 4.79 Å². The molecule has 1 aliphatic rings. The molecule has 0 unspecified atom stereocenters. The second kappa shape index (κ2) is 6.92. The zero-order valence-corrected chi connectivity index (χ0v) is 15.0. The molecule has 25 heavy (non-hydrogen) atoms. The second-order valence-corrected chi connectivity index (χ2v) is 7.44. The Morgan fingerprint density at radius 2 is 2.24 bits per heavy atom. The maximum atomic E-state index is 12.4. The van der Waals surface area contributed by atoms with Gasteiger partial charge in [0.05, 0.1) is 0 Å². The highest BCUT2D eigenvalue weighted by molar-refractivity contribution is 7.99. The number of aryl methyl sites for hydroxylation is 3. The number of hydrogen-bond donors (Lipinski definition) is 2. The molecule has 2 heterocycles. The topological polar surface area (TPSA) is 75.6 Å². The SMILES string of the molecule is Cn1cnnc1SCCNC(=O)c1ccc2[nH]c3c(c2c1)CCCC3. The minimum Gasteiger partial charge on any atom is -0.358 e. The summed E-state index contributed by atoms with van der Waals surface area (Å²) in [5.74, 6) is 0.742. The Balaban J connectivity index is 1.40. The monoisotopic (exact) mass is 355 g/mol. The van der Waals surface area contributed by atoms with Crippen molar-refractivity contribution in [3.05, 3.63) is 41.3 Å². The molecular formula is C18H21N5OS. The maximum absolute atomic E-state index is 12.4. The predicted octanol–water partition coefficient (Wildman–Crippen LogP) is 2.70. The molecule has 0 radical (unpaired) electrons. The molecule has 0 spiro atoms. The third kappa shape index (κ3) is 3.28. The molecular weight excluding hydrogens is 334 g/mol. The van der Waals surface area contributed by atoms with Gasteiger partial charge in [0.1, 0.15) is 6.33 Å². The number of nitrogens with zero attached hydrogens (tertiary/aromatic N) is 3. The average molecular weight is 355 g/mol. The number of carbonyl (C=O) groups excluding carboxylic acids is 1. The number of H-pyrrole nitrogens is 1. The van der Waals surface area contributed by atoms with Crippen LogP contribution in [-0.2, 0) is 19.9 Å². The van der Waals surface area contributed by atoms with Crippen molar-refractivity contribution < 1.29 is 4.79 Å². The van der Waals surface area contributed by atoms with Crippen molar-refractivity contribution in [3.63, 3.8) is 0 Å². The van der Waals surface area contributed by atoms with Crippen LogP contribution in [0.2, 0.25) is 0 Å². The molecule has 0 saturated heterocycles. The van der Waals surface area contributed by atoms with E-state index in [9.17, 15) is 4.79 Å². The van der Waals surface area contributed by atoms with E-state index in [1.54, 1.807) is 18.1 Å². The van der Waals surface area contributed by atoms with Gasteiger partial charge in [-0.15, -0.1) is 10.2 Å². The number of aromatic amines is 1. The van der Waals surface area contributed by atoms with Gasteiger partial charge in [-0.1, -0.05) is 11.8 Å². The normalized spacial score (nSPS) is 13.8. The summed E-state index contributed by atoms with van der Waals surface area (Å²) < 4.78 is 1.87. The molecule has 1 aromatic carbocycles. The zero-order chi connectivity index (χ0) is 17.2. The Labute approximate surface area is 150 Å². The van der Waals surface area contributed by atoms with E-state index in [4.69, 9.17) is 0 Å². The van der Waals surface area contributed by atoms with E-state index in [0.717, 1.165) is 34.8 Å². The lowest BCUT2D eigenvalue weighted by Crippen LogP contribution is -2.25. The Morgan fingerprint density at radius 3 is 3.08 bits per heavy atom. The van der Waals surface area contributed by atoms with E-state index >= 15 is 0 Å². The Hall–Kier alpha value is -2.28. The number of benzene rings is 1. The number of aromatic nitrogens is 4. The van der Waals surface area contributed by atoms with E-state index in [-0.39, 0.29) is 5.91 Å². The number of nitrogens with one attached hydrogen (secondary N) is 2. The van der Waals surface area contributed by atoms with Gasteiger partial charge in [-0.25, -0.2) is 0 Å². The van der Waals surface area contributed by atoms with Gasteiger partial charge < -0.3 is 14.9 Å². The van der Waals surface area contributed by atoms with Gasteiger partial charge in [0.15, 0.2) is 5.16 Å². The lowest BCUT2D eigenvalue weighted by Gasteiger charge is -2.10. The van der Waals surface area contributed by atoms with Gasteiger partial charge >= 0.3 is 0 Å². The Kier molecular flexibility index (Phi) is 4.48. The minimum absolute atomic E-state index is 0.0220. The number of carbonyl (C=O) groups is 1. The first-order valence-corrected chi connectivity index (χ1v) is 9.59. The van der Waals surface area contributed by atoms with Crippen LogP contribution in [0.3, 0.4) is 0 Å². The van der Waals surface area contributed by atoms with Crippen LogP contribution in [0.25, 0.3) is 10.9 Å². The lowest BCUT2D eigenvalue weighted by molar-refractivity contribution is 0.0956. The zero-order valence-electron chi connectivity index (χ0n) is 14.2. The fraction of sp³-hybridized carbons (Fsp3) is 0.389. The molecule has 3 aromatic rings. The summed E-state index contributed by atoms with van der Waals surface area (Å²) in [6.45, 7) is 0.597. The van der Waals surface area contributed by atoms with E-state index in [1.165, 1.54) is 29.5 Å². The number of rotatable bonds is 5. The van der Waals surface area contributed by atoms with Gasteiger partial charge in [0, 0.05) is 41.5 Å². The molecule has 1 amide bonds. The molecule has 0 bridgehead atoms. The van der Waals surface area contributed by atoms with Crippen molar-refractivity contribution in [2.24, 2.45) is 7.05 Å². The van der Waals surface area contributed by atoms with Gasteiger partial charge in [0.2, 0.25) is 0 Å². The van der Waals surface area contributed by atoms with Crippen LogP contribution in [-0.4, -0.2) is 38.0 Å². The van der Waals surface area contributed by atoms with E-state index < -0.39 is 0 Å². The van der Waals surface area contributed by atoms with Crippen molar-refractivity contribution in [1.29, 1.82) is 0 Å². The molecule has 0 aliphatic heterocycles. The van der Waals surface area contributed by atoms with Crippen LogP contribution in [0, 0.1) is 0 Å². The van der Waals surface area contributed by atoms with Crippen LogP contribution in [0.4, 0.5) is 0 Å². The molecule has 0 fully saturated rings. The molecule has 1 aliphatic carbocycles. The van der Waals surface area contributed by atoms with Gasteiger partial charge in [-0.2, -0.15) is 0 Å². The van der Waals surface area contributed by atoms with Crippen LogP contribution < -0.4 is 5.32 Å². The smallest absolute Gasteiger partial charge is 0.251 e. The lowest BCUT2D eigenvalue weighted by atomic mass is 9.95. The number of fused-ring (bicyclic) bond motifs is 3. The van der Waals surface area contributed by atoms with E-state index in [2.05, 4.69) is 20.5 Å². The first-order valence-electron chi connectivity index (χ1n) is 8.61. The highest BCUT2D eigenvalue weighted by Gasteiger charge is 2.16.